The van der Waals surface area contributed by atoms with Crippen molar-refractivity contribution >= 4 is 58.9 Å². The minimum absolute atomic E-state index is 0.922. The highest BCUT2D eigenvalue weighted by Crippen LogP contribution is 2.44. The van der Waals surface area contributed by atoms with Gasteiger partial charge in [-0.25, -0.2) is 0 Å². The molecule has 2 nitrogen and oxygen atoms in total. The van der Waals surface area contributed by atoms with Crippen LogP contribution in [0.4, 0.5) is 0 Å². The van der Waals surface area contributed by atoms with Crippen LogP contribution in [0.15, 0.2) is 164 Å². The molecule has 4 heteroatoms. The molecule has 226 valence electrons. The third kappa shape index (κ3) is 5.34. The maximum atomic E-state index is 7.55. The largest absolute Gasteiger partial charge is 0.534 e. The quantitative estimate of drug-likeness (QED) is 0.119. The van der Waals surface area contributed by atoms with Crippen LogP contribution in [0.5, 0.6) is 11.5 Å². The summed E-state index contributed by atoms with van der Waals surface area (Å²) in [6.45, 7) is 6.85. The molecule has 7 aromatic rings. The molecular formula is C42H38O2Si2. The number of rotatable bonds is 9. The standard InChI is InChI=1S/C42H38O2Si2/c1-4-32-29-30-39-40(31-32)42(44-46(3,35-23-13-7-14-24-35)36-25-15-8-16-26-36)38-28-18-17-27-37(38)41(39)43-45(2,33-19-9-5-10-20-33)34-21-11-6-12-22-34/h5-31H,4H2,1-3H3. The molecule has 0 fully saturated rings. The number of fused-ring (bicyclic) bond motifs is 2. The van der Waals surface area contributed by atoms with E-state index in [0.717, 1.165) is 39.5 Å². The molecule has 46 heavy (non-hydrogen) atoms. The van der Waals surface area contributed by atoms with Gasteiger partial charge in [-0.05, 0) is 51.9 Å². The lowest BCUT2D eigenvalue weighted by Crippen LogP contribution is -2.61. The van der Waals surface area contributed by atoms with Gasteiger partial charge in [0.05, 0.1) is 0 Å². The SMILES string of the molecule is CCc1ccc2c(O[Si](C)(c3ccccc3)c3ccccc3)c3ccccc3c(O[Si](C)(c3ccccc3)c3ccccc3)c2c1. The predicted molar refractivity (Wildman–Crippen MR) is 200 cm³/mol. The van der Waals surface area contributed by atoms with Crippen LogP contribution in [0.25, 0.3) is 21.5 Å². The maximum Gasteiger partial charge on any atom is 0.311 e. The van der Waals surface area contributed by atoms with Crippen LogP contribution < -0.4 is 29.6 Å². The zero-order chi connectivity index (χ0) is 31.6. The monoisotopic (exact) mass is 630 g/mol. The second kappa shape index (κ2) is 12.5. The van der Waals surface area contributed by atoms with Gasteiger partial charge in [0.25, 0.3) is 0 Å². The second-order valence-electron chi connectivity index (χ2n) is 12.2. The molecule has 0 N–H and O–H groups in total. The molecule has 7 rings (SSSR count). The van der Waals surface area contributed by atoms with E-state index in [9.17, 15) is 0 Å². The first kappa shape index (κ1) is 29.8. The number of hydrogen-bond donors (Lipinski definition) is 0. The Hall–Kier alpha value is -4.91. The topological polar surface area (TPSA) is 18.5 Å². The first-order valence-corrected chi connectivity index (χ1v) is 20.9. The molecule has 0 aromatic heterocycles. The van der Waals surface area contributed by atoms with Crippen molar-refractivity contribution < 1.29 is 8.85 Å². The fourth-order valence-electron chi connectivity index (χ4n) is 6.59. The second-order valence-corrected chi connectivity index (χ2v) is 19.0. The van der Waals surface area contributed by atoms with Crippen LogP contribution in [-0.2, 0) is 6.42 Å². The van der Waals surface area contributed by atoms with Gasteiger partial charge in [0.15, 0.2) is 0 Å². The lowest BCUT2D eigenvalue weighted by atomic mass is 9.98. The Morgan fingerprint density at radius 2 is 0.717 bits per heavy atom. The minimum atomic E-state index is -2.71. The summed E-state index contributed by atoms with van der Waals surface area (Å²) in [4.78, 5) is 0. The van der Waals surface area contributed by atoms with Crippen LogP contribution in [0.3, 0.4) is 0 Å². The van der Waals surface area contributed by atoms with Crippen LogP contribution in [0.1, 0.15) is 12.5 Å². The van der Waals surface area contributed by atoms with Gasteiger partial charge in [0.1, 0.15) is 11.5 Å². The Bertz CT molecular complexity index is 2020. The zero-order valence-electron chi connectivity index (χ0n) is 26.6. The Labute approximate surface area is 274 Å². The summed E-state index contributed by atoms with van der Waals surface area (Å²) in [7, 11) is -5.41. The minimum Gasteiger partial charge on any atom is -0.534 e. The van der Waals surface area contributed by atoms with Crippen molar-refractivity contribution in [2.75, 3.05) is 0 Å². The third-order valence-electron chi connectivity index (χ3n) is 9.31. The van der Waals surface area contributed by atoms with Crippen molar-refractivity contribution in [1.82, 2.24) is 0 Å². The molecule has 0 heterocycles. The molecule has 0 spiro atoms. The lowest BCUT2D eigenvalue weighted by Gasteiger charge is -2.33. The summed E-state index contributed by atoms with van der Waals surface area (Å²) in [6.07, 6.45) is 0.935. The van der Waals surface area contributed by atoms with Gasteiger partial charge < -0.3 is 8.85 Å². The summed E-state index contributed by atoms with van der Waals surface area (Å²) >= 11 is 0. The van der Waals surface area contributed by atoms with Crippen LogP contribution in [0.2, 0.25) is 13.1 Å². The first-order chi connectivity index (χ1) is 22.5. The Kier molecular flexibility index (Phi) is 8.08. The number of benzene rings is 7. The van der Waals surface area contributed by atoms with E-state index in [2.05, 4.69) is 184 Å². The molecule has 7 aromatic carbocycles. The van der Waals surface area contributed by atoms with E-state index in [0.29, 0.717) is 0 Å². The highest BCUT2D eigenvalue weighted by Gasteiger charge is 2.39. The summed E-state index contributed by atoms with van der Waals surface area (Å²) in [5.41, 5.74) is 1.27. The van der Waals surface area contributed by atoms with Crippen molar-refractivity contribution in [3.8, 4) is 11.5 Å². The van der Waals surface area contributed by atoms with Crippen LogP contribution >= 0.6 is 0 Å². The highest BCUT2D eigenvalue weighted by atomic mass is 28.4. The molecule has 0 atom stereocenters. The molecule has 0 saturated heterocycles. The fraction of sp³-hybridized carbons (Fsp3) is 0.0952. The molecule has 0 saturated carbocycles. The van der Waals surface area contributed by atoms with Gasteiger partial charge >= 0.3 is 16.6 Å². The third-order valence-corrected chi connectivity index (χ3v) is 16.3. The van der Waals surface area contributed by atoms with Crippen molar-refractivity contribution in [3.05, 3.63) is 169 Å². The van der Waals surface area contributed by atoms with Crippen molar-refractivity contribution in [2.24, 2.45) is 0 Å². The molecule has 0 aliphatic rings. The summed E-state index contributed by atoms with van der Waals surface area (Å²) in [5, 5.41) is 9.25. The van der Waals surface area contributed by atoms with E-state index in [1.807, 2.05) is 0 Å². The zero-order valence-corrected chi connectivity index (χ0v) is 28.6. The van der Waals surface area contributed by atoms with Crippen molar-refractivity contribution in [1.29, 1.82) is 0 Å². The van der Waals surface area contributed by atoms with Gasteiger partial charge in [0.2, 0.25) is 0 Å². The van der Waals surface area contributed by atoms with Crippen LogP contribution in [0, 0.1) is 0 Å². The van der Waals surface area contributed by atoms with Crippen LogP contribution in [-0.4, -0.2) is 16.6 Å². The van der Waals surface area contributed by atoms with Crippen molar-refractivity contribution in [3.63, 3.8) is 0 Å². The van der Waals surface area contributed by atoms with Gasteiger partial charge in [-0.3, -0.25) is 0 Å². The van der Waals surface area contributed by atoms with Gasteiger partial charge in [-0.1, -0.05) is 165 Å². The lowest BCUT2D eigenvalue weighted by molar-refractivity contribution is 0.574. The molecule has 0 aliphatic heterocycles. The smallest absolute Gasteiger partial charge is 0.311 e. The van der Waals surface area contributed by atoms with E-state index >= 15 is 0 Å². The van der Waals surface area contributed by atoms with Crippen molar-refractivity contribution in [2.45, 2.75) is 26.4 Å². The molecule has 0 bridgehead atoms. The Morgan fingerprint density at radius 1 is 0.391 bits per heavy atom. The number of aryl methyl sites for hydroxylation is 1. The first-order valence-electron chi connectivity index (χ1n) is 16.1. The Morgan fingerprint density at radius 3 is 1.09 bits per heavy atom. The normalized spacial score (nSPS) is 11.9. The molecular weight excluding hydrogens is 593 g/mol. The summed E-state index contributed by atoms with van der Waals surface area (Å²) in [5.74, 6) is 1.85. The van der Waals surface area contributed by atoms with E-state index in [1.54, 1.807) is 0 Å². The highest BCUT2D eigenvalue weighted by molar-refractivity contribution is 6.97. The molecule has 0 amide bonds. The Balaban J connectivity index is 1.50. The summed E-state index contributed by atoms with van der Waals surface area (Å²) < 4.78 is 15.1. The van der Waals surface area contributed by atoms with E-state index < -0.39 is 16.6 Å². The predicted octanol–water partition coefficient (Wildman–Crippen LogP) is 8.09. The van der Waals surface area contributed by atoms with Gasteiger partial charge in [-0.2, -0.15) is 0 Å². The van der Waals surface area contributed by atoms with Gasteiger partial charge in [-0.15, -0.1) is 0 Å². The summed E-state index contributed by atoms with van der Waals surface area (Å²) in [6, 6.07) is 58.4. The maximum absolute atomic E-state index is 7.55. The average Bonchev–Trinajstić information content (AvgIpc) is 3.14. The molecule has 0 aliphatic carbocycles. The van der Waals surface area contributed by atoms with E-state index in [-0.39, 0.29) is 0 Å². The van der Waals surface area contributed by atoms with E-state index in [1.165, 1.54) is 26.3 Å². The average molecular weight is 631 g/mol. The molecule has 0 radical (unpaired) electrons. The fourth-order valence-corrected chi connectivity index (χ4v) is 12.3. The number of hydrogen-bond acceptors (Lipinski definition) is 2. The molecule has 0 unspecified atom stereocenters. The van der Waals surface area contributed by atoms with E-state index in [4.69, 9.17) is 8.85 Å². The van der Waals surface area contributed by atoms with Gasteiger partial charge in [0, 0.05) is 21.5 Å².